The first kappa shape index (κ1) is 13.1. The average molecular weight is 253 g/mol. The van der Waals surface area contributed by atoms with Crippen molar-refractivity contribution in [3.05, 3.63) is 21.9 Å². The Morgan fingerprint density at radius 2 is 1.88 bits per heavy atom. The molecule has 2 nitrogen and oxygen atoms in total. The summed E-state index contributed by atoms with van der Waals surface area (Å²) in [6, 6.07) is 4.40. The second-order valence-corrected chi connectivity index (χ2v) is 6.08. The minimum Gasteiger partial charge on any atom is -0.373 e. The highest BCUT2D eigenvalue weighted by atomic mass is 32.1. The summed E-state index contributed by atoms with van der Waals surface area (Å²) in [5.41, 5.74) is 0. The van der Waals surface area contributed by atoms with Crippen LogP contribution in [0.15, 0.2) is 12.1 Å². The van der Waals surface area contributed by atoms with Crippen LogP contribution in [0.25, 0.3) is 0 Å². The predicted molar refractivity (Wildman–Crippen MR) is 73.4 cm³/mol. The van der Waals surface area contributed by atoms with Gasteiger partial charge in [-0.2, -0.15) is 0 Å². The lowest BCUT2D eigenvalue weighted by atomic mass is 10.1. The highest BCUT2D eigenvalue weighted by Crippen LogP contribution is 2.23. The zero-order valence-electron chi connectivity index (χ0n) is 10.7. The van der Waals surface area contributed by atoms with Crippen LogP contribution in [0.1, 0.15) is 48.3 Å². The van der Waals surface area contributed by atoms with Gasteiger partial charge in [0.2, 0.25) is 0 Å². The minimum atomic E-state index is 0.507. The van der Waals surface area contributed by atoms with Gasteiger partial charge in [0.05, 0.1) is 12.7 Å². The van der Waals surface area contributed by atoms with Crippen LogP contribution < -0.4 is 5.32 Å². The number of ether oxygens (including phenoxy) is 1. The Bertz CT molecular complexity index is 316. The molecule has 1 N–H and O–H groups in total. The van der Waals surface area contributed by atoms with Gasteiger partial charge in [0.15, 0.2) is 0 Å². The Hall–Kier alpha value is -0.380. The van der Waals surface area contributed by atoms with Crippen LogP contribution in [-0.2, 0) is 17.9 Å². The molecule has 0 aromatic carbocycles. The maximum atomic E-state index is 6.03. The summed E-state index contributed by atoms with van der Waals surface area (Å²) < 4.78 is 6.03. The van der Waals surface area contributed by atoms with Crippen LogP contribution >= 0.6 is 11.3 Å². The standard InChI is InChI=1S/C14H23NOS/c1-15-10-13-8-9-14(17-13)11-16-12-6-4-2-3-5-7-12/h8-9,12,15H,2-7,10-11H2,1H3. The van der Waals surface area contributed by atoms with E-state index in [1.807, 2.05) is 18.4 Å². The van der Waals surface area contributed by atoms with Crippen molar-refractivity contribution in [2.24, 2.45) is 0 Å². The van der Waals surface area contributed by atoms with Crippen LogP contribution in [0, 0.1) is 0 Å². The van der Waals surface area contributed by atoms with Crippen LogP contribution in [0.2, 0.25) is 0 Å². The van der Waals surface area contributed by atoms with Gasteiger partial charge < -0.3 is 10.1 Å². The van der Waals surface area contributed by atoms with E-state index in [9.17, 15) is 0 Å². The van der Waals surface area contributed by atoms with Gasteiger partial charge in [0.1, 0.15) is 0 Å². The summed E-state index contributed by atoms with van der Waals surface area (Å²) in [6.07, 6.45) is 8.51. The molecule has 0 saturated heterocycles. The molecule has 0 spiro atoms. The maximum Gasteiger partial charge on any atom is 0.0813 e. The molecule has 17 heavy (non-hydrogen) atoms. The lowest BCUT2D eigenvalue weighted by Gasteiger charge is -2.14. The summed E-state index contributed by atoms with van der Waals surface area (Å²) in [4.78, 5) is 2.76. The van der Waals surface area contributed by atoms with Gasteiger partial charge in [-0.25, -0.2) is 0 Å². The quantitative estimate of drug-likeness (QED) is 0.808. The molecule has 0 bridgehead atoms. The molecule has 1 aromatic rings. The SMILES string of the molecule is CNCc1ccc(COC2CCCCCC2)s1. The molecule has 96 valence electrons. The molecule has 0 unspecified atom stereocenters. The Morgan fingerprint density at radius 1 is 1.18 bits per heavy atom. The van der Waals surface area contributed by atoms with Crippen molar-refractivity contribution in [1.29, 1.82) is 0 Å². The number of hydrogen-bond donors (Lipinski definition) is 1. The summed E-state index contributed by atoms with van der Waals surface area (Å²) in [5.74, 6) is 0. The number of thiophene rings is 1. The third kappa shape index (κ3) is 4.41. The molecule has 1 heterocycles. The summed E-state index contributed by atoms with van der Waals surface area (Å²) in [6.45, 7) is 1.77. The first-order chi connectivity index (χ1) is 8.38. The Morgan fingerprint density at radius 3 is 2.59 bits per heavy atom. The van der Waals surface area contributed by atoms with E-state index in [0.717, 1.165) is 13.2 Å². The molecular weight excluding hydrogens is 230 g/mol. The Labute approximate surface area is 108 Å². The van der Waals surface area contributed by atoms with Crippen molar-refractivity contribution in [3.8, 4) is 0 Å². The van der Waals surface area contributed by atoms with E-state index in [2.05, 4.69) is 17.4 Å². The molecule has 1 aromatic heterocycles. The van der Waals surface area contributed by atoms with Crippen molar-refractivity contribution < 1.29 is 4.74 Å². The first-order valence-electron chi connectivity index (χ1n) is 6.72. The molecule has 2 rings (SSSR count). The van der Waals surface area contributed by atoms with Crippen LogP contribution in [-0.4, -0.2) is 13.2 Å². The lowest BCUT2D eigenvalue weighted by molar-refractivity contribution is 0.0324. The summed E-state index contributed by atoms with van der Waals surface area (Å²) in [5, 5.41) is 3.18. The van der Waals surface area contributed by atoms with Gasteiger partial charge in [-0.3, -0.25) is 0 Å². The van der Waals surface area contributed by atoms with E-state index >= 15 is 0 Å². The van der Waals surface area contributed by atoms with E-state index in [4.69, 9.17) is 4.74 Å². The molecule has 0 aliphatic heterocycles. The van der Waals surface area contributed by atoms with Crippen LogP contribution in [0.3, 0.4) is 0 Å². The van der Waals surface area contributed by atoms with Crippen molar-refractivity contribution in [2.75, 3.05) is 7.05 Å². The van der Waals surface area contributed by atoms with Crippen molar-refractivity contribution in [2.45, 2.75) is 57.8 Å². The average Bonchev–Trinajstić information content (AvgIpc) is 2.63. The van der Waals surface area contributed by atoms with Crippen molar-refractivity contribution >= 4 is 11.3 Å². The van der Waals surface area contributed by atoms with E-state index in [1.54, 1.807) is 0 Å². The van der Waals surface area contributed by atoms with E-state index in [-0.39, 0.29) is 0 Å². The highest BCUT2D eigenvalue weighted by Gasteiger charge is 2.12. The number of hydrogen-bond acceptors (Lipinski definition) is 3. The molecule has 1 aliphatic carbocycles. The normalized spacial score (nSPS) is 18.2. The van der Waals surface area contributed by atoms with Gasteiger partial charge in [-0.05, 0) is 32.0 Å². The van der Waals surface area contributed by atoms with Gasteiger partial charge in [-0.15, -0.1) is 11.3 Å². The molecule has 1 aliphatic rings. The maximum absolute atomic E-state index is 6.03. The molecule has 0 radical (unpaired) electrons. The third-order valence-corrected chi connectivity index (χ3v) is 4.39. The number of rotatable bonds is 5. The summed E-state index contributed by atoms with van der Waals surface area (Å²) in [7, 11) is 1.99. The zero-order valence-corrected chi connectivity index (χ0v) is 11.5. The molecule has 1 saturated carbocycles. The molecule has 1 fully saturated rings. The fraction of sp³-hybridized carbons (Fsp3) is 0.714. The Kier molecular flexibility index (Phi) is 5.49. The van der Waals surface area contributed by atoms with Gasteiger partial charge in [0.25, 0.3) is 0 Å². The van der Waals surface area contributed by atoms with E-state index < -0.39 is 0 Å². The second-order valence-electron chi connectivity index (χ2n) is 4.82. The van der Waals surface area contributed by atoms with Gasteiger partial charge in [-0.1, -0.05) is 25.7 Å². The zero-order chi connectivity index (χ0) is 11.9. The second kappa shape index (κ2) is 7.14. The van der Waals surface area contributed by atoms with Crippen molar-refractivity contribution in [1.82, 2.24) is 5.32 Å². The third-order valence-electron chi connectivity index (χ3n) is 3.33. The highest BCUT2D eigenvalue weighted by molar-refractivity contribution is 7.11. The van der Waals surface area contributed by atoms with E-state index in [1.165, 1.54) is 48.3 Å². The molecule has 3 heteroatoms. The fourth-order valence-electron chi connectivity index (χ4n) is 2.38. The number of nitrogens with one attached hydrogen (secondary N) is 1. The van der Waals surface area contributed by atoms with Crippen LogP contribution in [0.4, 0.5) is 0 Å². The molecule has 0 amide bonds. The lowest BCUT2D eigenvalue weighted by Crippen LogP contribution is -2.10. The van der Waals surface area contributed by atoms with Crippen molar-refractivity contribution in [3.63, 3.8) is 0 Å². The Balaban J connectivity index is 1.75. The smallest absolute Gasteiger partial charge is 0.0813 e. The molecular formula is C14H23NOS. The predicted octanol–water partition coefficient (Wildman–Crippen LogP) is 3.71. The van der Waals surface area contributed by atoms with E-state index in [0.29, 0.717) is 6.10 Å². The topological polar surface area (TPSA) is 21.3 Å². The van der Waals surface area contributed by atoms with Crippen LogP contribution in [0.5, 0.6) is 0 Å². The summed E-state index contributed by atoms with van der Waals surface area (Å²) >= 11 is 1.86. The fourth-order valence-corrected chi connectivity index (χ4v) is 3.33. The monoisotopic (exact) mass is 253 g/mol. The molecule has 0 atom stereocenters. The van der Waals surface area contributed by atoms with Gasteiger partial charge in [0, 0.05) is 16.3 Å². The first-order valence-corrected chi connectivity index (χ1v) is 7.54. The largest absolute Gasteiger partial charge is 0.373 e. The van der Waals surface area contributed by atoms with Gasteiger partial charge >= 0.3 is 0 Å². The minimum absolute atomic E-state index is 0.507.